The van der Waals surface area contributed by atoms with Gasteiger partial charge in [-0.05, 0) is 47.2 Å². The highest BCUT2D eigenvalue weighted by Gasteiger charge is 2.45. The van der Waals surface area contributed by atoms with E-state index in [-0.39, 0.29) is 5.91 Å². The van der Waals surface area contributed by atoms with Crippen molar-refractivity contribution in [2.24, 2.45) is 5.73 Å². The first-order valence-corrected chi connectivity index (χ1v) is 13.6. The Hall–Kier alpha value is -0.783. The summed E-state index contributed by atoms with van der Waals surface area (Å²) in [6, 6.07) is 8.53. The van der Waals surface area contributed by atoms with Gasteiger partial charge in [0.25, 0.3) is 0 Å². The van der Waals surface area contributed by atoms with Gasteiger partial charge in [0.1, 0.15) is 7.22 Å². The van der Waals surface area contributed by atoms with E-state index >= 15 is 0 Å². The Kier molecular flexibility index (Phi) is 7.02. The van der Waals surface area contributed by atoms with Gasteiger partial charge in [-0.25, -0.2) is 0 Å². The van der Waals surface area contributed by atoms with Crippen molar-refractivity contribution in [3.63, 3.8) is 0 Å². The second-order valence-corrected chi connectivity index (χ2v) is 17.1. The molecule has 1 fully saturated rings. The minimum atomic E-state index is -1.62. The molecule has 1 aliphatic heterocycles. The third kappa shape index (κ3) is 3.90. The van der Waals surface area contributed by atoms with Crippen LogP contribution in [0.1, 0.15) is 59.9 Å². The Bertz CT molecular complexity index is 602. The lowest BCUT2D eigenvalue weighted by Gasteiger charge is -2.42. The predicted molar refractivity (Wildman–Crippen MR) is 114 cm³/mol. The van der Waals surface area contributed by atoms with Crippen LogP contribution in [0.15, 0.2) is 29.2 Å². The Morgan fingerprint density at radius 1 is 1.15 bits per heavy atom. The van der Waals surface area contributed by atoms with E-state index in [4.69, 9.17) is 10.5 Å². The van der Waals surface area contributed by atoms with Crippen LogP contribution in [-0.2, 0) is 14.9 Å². The summed E-state index contributed by atoms with van der Waals surface area (Å²) in [7, 11) is -1.62. The minimum Gasteiger partial charge on any atom is -0.380 e. The molecule has 2 rings (SSSR count). The molecule has 1 heterocycles. The van der Waals surface area contributed by atoms with Crippen molar-refractivity contribution in [3.05, 3.63) is 29.8 Å². The van der Waals surface area contributed by atoms with Crippen molar-refractivity contribution in [1.82, 2.24) is 0 Å². The molecule has 0 bridgehead atoms. The van der Waals surface area contributed by atoms with Crippen LogP contribution in [0.25, 0.3) is 0 Å². The van der Waals surface area contributed by atoms with Crippen LogP contribution in [-0.4, -0.2) is 26.3 Å². The van der Waals surface area contributed by atoms with Gasteiger partial charge in [-0.2, -0.15) is 11.2 Å². The summed E-state index contributed by atoms with van der Waals surface area (Å²) in [5.41, 5.74) is 8.23. The summed E-state index contributed by atoms with van der Waals surface area (Å²) in [6.07, 6.45) is 1.65. The summed E-state index contributed by atoms with van der Waals surface area (Å²) in [4.78, 5) is 13.6. The van der Waals surface area contributed by atoms with Crippen molar-refractivity contribution < 1.29 is 9.53 Å². The molecule has 2 N–H and O–H groups in total. The van der Waals surface area contributed by atoms with Crippen LogP contribution >= 0.6 is 11.2 Å². The van der Waals surface area contributed by atoms with E-state index < -0.39 is 12.6 Å². The Morgan fingerprint density at radius 3 is 2.23 bits per heavy atom. The van der Waals surface area contributed by atoms with E-state index in [1.807, 2.05) is 6.07 Å². The molecular weight excluding hydrogens is 358 g/mol. The summed E-state index contributed by atoms with van der Waals surface area (Å²) >= 11 is 2.10. The number of nitrogens with two attached hydrogens (primary N) is 1. The maximum Gasteiger partial charge on any atom is 0.230 e. The van der Waals surface area contributed by atoms with Crippen molar-refractivity contribution in [2.45, 2.75) is 81.3 Å². The number of primary amides is 1. The first kappa shape index (κ1) is 21.5. The maximum absolute atomic E-state index is 12.3. The third-order valence-electron chi connectivity index (χ3n) is 6.10. The van der Waals surface area contributed by atoms with Gasteiger partial charge in [-0.3, -0.25) is 4.79 Å². The number of carbonyl (C=O) groups excluding carboxylic acids is 1. The van der Waals surface area contributed by atoms with Gasteiger partial charge in [-0.15, -0.1) is 0 Å². The zero-order valence-corrected chi connectivity index (χ0v) is 19.0. The molecule has 0 aliphatic carbocycles. The zero-order chi connectivity index (χ0) is 19.5. The van der Waals surface area contributed by atoms with Gasteiger partial charge in [0, 0.05) is 11.5 Å². The lowest BCUT2D eigenvalue weighted by Crippen LogP contribution is -2.47. The molecule has 0 saturated carbocycles. The molecule has 26 heavy (non-hydrogen) atoms. The quantitative estimate of drug-likeness (QED) is 0.623. The second-order valence-electron chi connectivity index (χ2n) is 8.55. The van der Waals surface area contributed by atoms with E-state index in [1.165, 1.54) is 4.90 Å². The number of benzene rings is 1. The summed E-state index contributed by atoms with van der Waals surface area (Å²) in [5, 5.41) is 0. The second kappa shape index (κ2) is 8.49. The topological polar surface area (TPSA) is 52.3 Å². The SMILES string of the molecule is CC(C)[Si](Sc1cccc(C2(C(N)=O)CCCOC2)c1)(C(C)C)C(C)C. The zero-order valence-electron chi connectivity index (χ0n) is 17.2. The van der Waals surface area contributed by atoms with E-state index in [0.717, 1.165) is 18.4 Å². The standard InChI is InChI=1S/C21H35NO2SSi/c1-15(2)26(16(3)4,17(5)6)25-19-10-7-9-18(13-19)21(20(22)23)11-8-12-24-14-21/h7,9-10,13,15-17H,8,11-12,14H2,1-6H3,(H2,22,23). The fourth-order valence-electron chi connectivity index (χ4n) is 4.77. The van der Waals surface area contributed by atoms with Crippen molar-refractivity contribution >= 4 is 24.3 Å². The van der Waals surface area contributed by atoms with Crippen LogP contribution in [0.3, 0.4) is 0 Å². The van der Waals surface area contributed by atoms with Gasteiger partial charge in [-0.1, -0.05) is 53.7 Å². The third-order valence-corrected chi connectivity index (χ3v) is 18.4. The number of amides is 1. The average molecular weight is 394 g/mol. The van der Waals surface area contributed by atoms with Crippen LogP contribution < -0.4 is 5.73 Å². The normalized spacial score (nSPS) is 21.6. The molecule has 0 aromatic heterocycles. The predicted octanol–water partition coefficient (Wildman–Crippen LogP) is 5.49. The summed E-state index contributed by atoms with van der Waals surface area (Å²) < 4.78 is 5.66. The molecule has 146 valence electrons. The maximum atomic E-state index is 12.3. The number of rotatable bonds is 7. The van der Waals surface area contributed by atoms with Crippen molar-refractivity contribution in [2.75, 3.05) is 13.2 Å². The molecule has 1 saturated heterocycles. The highest BCUT2D eigenvalue weighted by atomic mass is 32.4. The molecule has 1 atom stereocenters. The Morgan fingerprint density at radius 2 is 1.77 bits per heavy atom. The minimum absolute atomic E-state index is 0.264. The molecule has 1 amide bonds. The summed E-state index contributed by atoms with van der Waals surface area (Å²) in [6.45, 7) is 15.4. The first-order chi connectivity index (χ1) is 12.2. The molecule has 5 heteroatoms. The molecule has 0 spiro atoms. The van der Waals surface area contributed by atoms with Crippen molar-refractivity contribution in [3.8, 4) is 0 Å². The molecular formula is C21H35NO2SSi. The highest BCUT2D eigenvalue weighted by Crippen LogP contribution is 2.52. The van der Waals surface area contributed by atoms with E-state index in [2.05, 4.69) is 71.0 Å². The molecule has 0 radical (unpaired) electrons. The smallest absolute Gasteiger partial charge is 0.230 e. The Balaban J connectivity index is 2.43. The average Bonchev–Trinajstić information content (AvgIpc) is 2.59. The highest BCUT2D eigenvalue weighted by molar-refractivity contribution is 8.29. The number of hydrogen-bond donors (Lipinski definition) is 1. The lowest BCUT2D eigenvalue weighted by molar-refractivity contribution is -0.128. The van der Waals surface area contributed by atoms with E-state index in [1.54, 1.807) is 0 Å². The van der Waals surface area contributed by atoms with Crippen LogP contribution in [0.4, 0.5) is 0 Å². The van der Waals surface area contributed by atoms with Gasteiger partial charge in [0.2, 0.25) is 5.91 Å². The molecule has 1 aromatic carbocycles. The number of carbonyl (C=O) groups is 1. The van der Waals surface area contributed by atoms with Gasteiger partial charge < -0.3 is 10.5 Å². The fraction of sp³-hybridized carbons (Fsp3) is 0.667. The van der Waals surface area contributed by atoms with Crippen LogP contribution in [0.5, 0.6) is 0 Å². The fourth-order valence-corrected chi connectivity index (χ4v) is 13.9. The number of hydrogen-bond acceptors (Lipinski definition) is 3. The van der Waals surface area contributed by atoms with Crippen LogP contribution in [0, 0.1) is 0 Å². The van der Waals surface area contributed by atoms with E-state index in [0.29, 0.717) is 29.8 Å². The molecule has 1 unspecified atom stereocenters. The monoisotopic (exact) mass is 393 g/mol. The van der Waals surface area contributed by atoms with Gasteiger partial charge in [0.15, 0.2) is 0 Å². The van der Waals surface area contributed by atoms with Gasteiger partial charge >= 0.3 is 0 Å². The van der Waals surface area contributed by atoms with Crippen molar-refractivity contribution in [1.29, 1.82) is 0 Å². The number of ether oxygens (including phenoxy) is 1. The lowest BCUT2D eigenvalue weighted by atomic mass is 9.75. The Labute approximate surface area is 164 Å². The van der Waals surface area contributed by atoms with Crippen LogP contribution in [0.2, 0.25) is 16.6 Å². The molecule has 3 nitrogen and oxygen atoms in total. The van der Waals surface area contributed by atoms with E-state index in [9.17, 15) is 4.79 Å². The largest absolute Gasteiger partial charge is 0.380 e. The molecule has 1 aliphatic rings. The van der Waals surface area contributed by atoms with Gasteiger partial charge in [0.05, 0.1) is 12.0 Å². The molecule has 1 aromatic rings. The summed E-state index contributed by atoms with van der Waals surface area (Å²) in [5.74, 6) is -0.264. The first-order valence-electron chi connectivity index (χ1n) is 9.84.